The molecule has 1 amide bonds. The van der Waals surface area contributed by atoms with Gasteiger partial charge in [0.1, 0.15) is 24.7 Å². The van der Waals surface area contributed by atoms with Gasteiger partial charge in [0.15, 0.2) is 0 Å². The molecule has 0 atom stereocenters. The first-order valence-corrected chi connectivity index (χ1v) is 13.0. The lowest BCUT2D eigenvalue weighted by Crippen LogP contribution is -2.30. The topological polar surface area (TPSA) is 83.4 Å². The van der Waals surface area contributed by atoms with Gasteiger partial charge >= 0.3 is 0 Å². The van der Waals surface area contributed by atoms with Gasteiger partial charge < -0.3 is 20.1 Å². The molecular weight excluding hydrogens is 486 g/mol. The van der Waals surface area contributed by atoms with E-state index in [-0.39, 0.29) is 5.91 Å². The number of benzene rings is 4. The second-order valence-corrected chi connectivity index (χ2v) is 9.27. The number of nitrogens with one attached hydrogen (secondary N) is 2. The molecule has 39 heavy (non-hydrogen) atoms. The Morgan fingerprint density at radius 2 is 1.64 bits per heavy atom. The number of nitrogens with zero attached hydrogens (tertiary/aromatic N) is 1. The summed E-state index contributed by atoms with van der Waals surface area (Å²) in [6, 6.07) is 32.0. The SMILES string of the molecule is CC(=O)NCCNCc1ccc(OCc2cccc(-c3ccccc3)c2C)cc1OCc1ccc(C#N)cc1. The van der Waals surface area contributed by atoms with Crippen molar-refractivity contribution in [1.82, 2.24) is 10.6 Å². The molecule has 0 radical (unpaired) electrons. The van der Waals surface area contributed by atoms with Gasteiger partial charge in [-0.3, -0.25) is 4.79 Å². The van der Waals surface area contributed by atoms with E-state index in [2.05, 4.69) is 54.0 Å². The maximum atomic E-state index is 11.1. The van der Waals surface area contributed by atoms with Crippen molar-refractivity contribution in [2.45, 2.75) is 33.6 Å². The van der Waals surface area contributed by atoms with Crippen molar-refractivity contribution in [2.24, 2.45) is 0 Å². The quantitative estimate of drug-likeness (QED) is 0.227. The van der Waals surface area contributed by atoms with Crippen LogP contribution in [-0.2, 0) is 24.6 Å². The van der Waals surface area contributed by atoms with Gasteiger partial charge in [0.25, 0.3) is 0 Å². The zero-order valence-corrected chi connectivity index (χ0v) is 22.4. The Morgan fingerprint density at radius 1 is 0.846 bits per heavy atom. The number of amides is 1. The van der Waals surface area contributed by atoms with E-state index in [1.54, 1.807) is 12.1 Å². The van der Waals surface area contributed by atoms with Crippen molar-refractivity contribution in [3.63, 3.8) is 0 Å². The molecule has 4 rings (SSSR count). The van der Waals surface area contributed by atoms with Gasteiger partial charge in [-0.05, 0) is 52.9 Å². The Morgan fingerprint density at radius 3 is 2.38 bits per heavy atom. The molecule has 0 saturated heterocycles. The average Bonchev–Trinajstić information content (AvgIpc) is 2.96. The fourth-order valence-electron chi connectivity index (χ4n) is 4.22. The second kappa shape index (κ2) is 13.8. The van der Waals surface area contributed by atoms with Gasteiger partial charge in [-0.25, -0.2) is 0 Å². The monoisotopic (exact) mass is 519 g/mol. The molecule has 0 fully saturated rings. The van der Waals surface area contributed by atoms with Crippen LogP contribution in [0.25, 0.3) is 11.1 Å². The van der Waals surface area contributed by atoms with Crippen LogP contribution in [-0.4, -0.2) is 19.0 Å². The third kappa shape index (κ3) is 7.94. The molecule has 0 unspecified atom stereocenters. The molecule has 0 heterocycles. The van der Waals surface area contributed by atoms with Crippen molar-refractivity contribution in [3.05, 3.63) is 119 Å². The van der Waals surface area contributed by atoms with Crippen LogP contribution < -0.4 is 20.1 Å². The highest BCUT2D eigenvalue weighted by molar-refractivity contribution is 5.72. The van der Waals surface area contributed by atoms with Gasteiger partial charge in [-0.2, -0.15) is 5.26 Å². The van der Waals surface area contributed by atoms with Crippen molar-refractivity contribution >= 4 is 5.91 Å². The van der Waals surface area contributed by atoms with E-state index >= 15 is 0 Å². The number of carbonyl (C=O) groups is 1. The first kappa shape index (κ1) is 27.4. The fourth-order valence-corrected chi connectivity index (χ4v) is 4.22. The lowest BCUT2D eigenvalue weighted by atomic mass is 9.97. The summed E-state index contributed by atoms with van der Waals surface area (Å²) in [6.07, 6.45) is 0. The van der Waals surface area contributed by atoms with Crippen LogP contribution in [0.5, 0.6) is 11.5 Å². The molecule has 0 bridgehead atoms. The van der Waals surface area contributed by atoms with Crippen molar-refractivity contribution < 1.29 is 14.3 Å². The van der Waals surface area contributed by atoms with Crippen LogP contribution in [0.3, 0.4) is 0 Å². The molecule has 0 spiro atoms. The molecule has 0 saturated carbocycles. The van der Waals surface area contributed by atoms with Crippen LogP contribution in [0.4, 0.5) is 0 Å². The van der Waals surface area contributed by atoms with Gasteiger partial charge in [-0.15, -0.1) is 0 Å². The number of carbonyl (C=O) groups excluding carboxylic acids is 1. The number of nitriles is 1. The molecule has 0 aliphatic carbocycles. The minimum absolute atomic E-state index is 0.0470. The number of hydrogen-bond acceptors (Lipinski definition) is 5. The molecule has 6 heteroatoms. The van der Waals surface area contributed by atoms with E-state index in [0.717, 1.165) is 28.2 Å². The van der Waals surface area contributed by atoms with Gasteiger partial charge in [0, 0.05) is 38.2 Å². The van der Waals surface area contributed by atoms with Crippen LogP contribution >= 0.6 is 0 Å². The highest BCUT2D eigenvalue weighted by Crippen LogP contribution is 2.29. The van der Waals surface area contributed by atoms with Gasteiger partial charge in [-0.1, -0.05) is 66.7 Å². The van der Waals surface area contributed by atoms with Crippen LogP contribution in [0.2, 0.25) is 0 Å². The van der Waals surface area contributed by atoms with E-state index < -0.39 is 0 Å². The van der Waals surface area contributed by atoms with Gasteiger partial charge in [0.05, 0.1) is 11.6 Å². The maximum absolute atomic E-state index is 11.1. The van der Waals surface area contributed by atoms with Crippen molar-refractivity contribution in [1.29, 1.82) is 5.26 Å². The van der Waals surface area contributed by atoms with E-state index in [1.807, 2.05) is 48.5 Å². The minimum Gasteiger partial charge on any atom is -0.489 e. The largest absolute Gasteiger partial charge is 0.489 e. The zero-order chi connectivity index (χ0) is 27.5. The van der Waals surface area contributed by atoms with E-state index in [1.165, 1.54) is 23.6 Å². The summed E-state index contributed by atoms with van der Waals surface area (Å²) in [6.45, 7) is 6.22. The average molecular weight is 520 g/mol. The molecule has 4 aromatic rings. The molecular formula is C33H33N3O3. The van der Waals surface area contributed by atoms with Crippen LogP contribution in [0.1, 0.15) is 34.7 Å². The minimum atomic E-state index is -0.0470. The fraction of sp³-hybridized carbons (Fsp3) is 0.212. The third-order valence-corrected chi connectivity index (χ3v) is 6.43. The van der Waals surface area contributed by atoms with E-state index in [4.69, 9.17) is 14.7 Å². The number of rotatable bonds is 12. The van der Waals surface area contributed by atoms with E-state index in [9.17, 15) is 4.79 Å². The summed E-state index contributed by atoms with van der Waals surface area (Å²) in [5.74, 6) is 1.39. The Labute approximate surface area is 230 Å². The summed E-state index contributed by atoms with van der Waals surface area (Å²) in [5, 5.41) is 15.2. The summed E-state index contributed by atoms with van der Waals surface area (Å²) in [4.78, 5) is 11.1. The maximum Gasteiger partial charge on any atom is 0.216 e. The molecule has 0 aromatic heterocycles. The standard InChI is InChI=1S/C33H33N3O3/c1-24-30(9-6-10-32(24)28-7-4-3-5-8-28)23-38-31-16-15-29(21-35-17-18-36-25(2)37)33(19-31)39-22-27-13-11-26(20-34)12-14-27/h3-16,19,35H,17-18,21-23H2,1-2H3,(H,36,37). The van der Waals surface area contributed by atoms with Crippen LogP contribution in [0, 0.1) is 18.3 Å². The van der Waals surface area contributed by atoms with Crippen molar-refractivity contribution in [3.8, 4) is 28.7 Å². The third-order valence-electron chi connectivity index (χ3n) is 6.43. The zero-order valence-electron chi connectivity index (χ0n) is 22.4. The molecule has 4 aromatic carbocycles. The Bertz CT molecular complexity index is 1430. The summed E-state index contributed by atoms with van der Waals surface area (Å²) in [7, 11) is 0. The number of hydrogen-bond donors (Lipinski definition) is 2. The predicted octanol–water partition coefficient (Wildman–Crippen LogP) is 5.92. The molecule has 0 aliphatic rings. The van der Waals surface area contributed by atoms with Crippen LogP contribution in [0.15, 0.2) is 91.0 Å². The lowest BCUT2D eigenvalue weighted by Gasteiger charge is -2.16. The molecule has 2 N–H and O–H groups in total. The highest BCUT2D eigenvalue weighted by Gasteiger charge is 2.10. The summed E-state index contributed by atoms with van der Waals surface area (Å²) >= 11 is 0. The normalized spacial score (nSPS) is 10.5. The predicted molar refractivity (Wildman–Crippen MR) is 153 cm³/mol. The smallest absolute Gasteiger partial charge is 0.216 e. The molecule has 0 aliphatic heterocycles. The Hall–Kier alpha value is -4.60. The highest BCUT2D eigenvalue weighted by atomic mass is 16.5. The summed E-state index contributed by atoms with van der Waals surface area (Å²) in [5.41, 5.74) is 7.28. The Kier molecular flexibility index (Phi) is 9.71. The van der Waals surface area contributed by atoms with Crippen molar-refractivity contribution in [2.75, 3.05) is 13.1 Å². The number of ether oxygens (including phenoxy) is 2. The summed E-state index contributed by atoms with van der Waals surface area (Å²) < 4.78 is 12.4. The lowest BCUT2D eigenvalue weighted by molar-refractivity contribution is -0.118. The van der Waals surface area contributed by atoms with E-state index in [0.29, 0.717) is 38.4 Å². The second-order valence-electron chi connectivity index (χ2n) is 9.27. The molecule has 6 nitrogen and oxygen atoms in total. The molecule has 198 valence electrons. The van der Waals surface area contributed by atoms with Gasteiger partial charge in [0.2, 0.25) is 5.91 Å². The Balaban J connectivity index is 1.47. The first-order chi connectivity index (χ1) is 19.0. The first-order valence-electron chi connectivity index (χ1n) is 13.0.